The molecule has 2 heterocycles. The van der Waals surface area contributed by atoms with E-state index in [-0.39, 0.29) is 29.9 Å². The lowest BCUT2D eigenvalue weighted by Gasteiger charge is -2.31. The number of hydrogen-bond acceptors (Lipinski definition) is 6. The van der Waals surface area contributed by atoms with Gasteiger partial charge in [0.2, 0.25) is 11.8 Å². The molecule has 5 N–H and O–H groups in total. The van der Waals surface area contributed by atoms with Crippen LogP contribution in [0.4, 0.5) is 10.1 Å². The highest BCUT2D eigenvalue weighted by molar-refractivity contribution is 6.40. The third-order valence-electron chi connectivity index (χ3n) is 5.44. The highest BCUT2D eigenvalue weighted by Gasteiger charge is 2.35. The summed E-state index contributed by atoms with van der Waals surface area (Å²) in [6, 6.07) is 4.67. The zero-order chi connectivity index (χ0) is 21.7. The molecular weight excluding hydrogens is 391 g/mol. The van der Waals surface area contributed by atoms with Gasteiger partial charge in [-0.1, -0.05) is 0 Å². The van der Waals surface area contributed by atoms with E-state index in [9.17, 15) is 18.8 Å². The normalized spacial score (nSPS) is 21.9. The zero-order valence-corrected chi connectivity index (χ0v) is 16.7. The number of anilines is 1. The van der Waals surface area contributed by atoms with Crippen LogP contribution < -0.4 is 21.8 Å². The fraction of sp³-hybridized carbons (Fsp3) is 0.500. The topological polar surface area (TPSA) is 134 Å². The molecule has 0 aliphatic carbocycles. The Labute approximate surface area is 174 Å². The van der Waals surface area contributed by atoms with E-state index in [0.717, 1.165) is 25.9 Å². The van der Waals surface area contributed by atoms with Crippen molar-refractivity contribution in [1.29, 1.82) is 0 Å². The maximum Gasteiger partial charge on any atom is 0.267 e. The Morgan fingerprint density at radius 2 is 1.90 bits per heavy atom. The van der Waals surface area contributed by atoms with Crippen LogP contribution in [0.1, 0.15) is 25.7 Å². The number of piperidine rings is 1. The molecule has 0 spiro atoms. The quantitative estimate of drug-likeness (QED) is 0.509. The second kappa shape index (κ2) is 9.66. The highest BCUT2D eigenvalue weighted by atomic mass is 19.1. The number of amides is 3. The number of carbonyl (C=O) groups is 3. The van der Waals surface area contributed by atoms with Gasteiger partial charge < -0.3 is 21.7 Å². The lowest BCUT2D eigenvalue weighted by molar-refractivity contribution is -0.123. The van der Waals surface area contributed by atoms with Gasteiger partial charge in [0, 0.05) is 19.5 Å². The molecule has 162 valence electrons. The van der Waals surface area contributed by atoms with E-state index < -0.39 is 17.8 Å². The van der Waals surface area contributed by atoms with E-state index >= 15 is 0 Å². The predicted octanol–water partition coefficient (Wildman–Crippen LogP) is -0.0507. The first-order valence-electron chi connectivity index (χ1n) is 10.1. The number of halogens is 1. The van der Waals surface area contributed by atoms with Gasteiger partial charge in [-0.25, -0.2) is 4.39 Å². The number of benzene rings is 1. The monoisotopic (exact) mass is 418 g/mol. The molecule has 2 aliphatic rings. The molecule has 10 heteroatoms. The number of primary amides is 2. The largest absolute Gasteiger partial charge is 0.369 e. The van der Waals surface area contributed by atoms with E-state index in [1.807, 2.05) is 0 Å². The lowest BCUT2D eigenvalue weighted by atomic mass is 9.97. The lowest BCUT2D eigenvalue weighted by Crippen LogP contribution is -2.42. The first-order valence-corrected chi connectivity index (χ1v) is 10.1. The van der Waals surface area contributed by atoms with Crippen LogP contribution in [0.2, 0.25) is 0 Å². The summed E-state index contributed by atoms with van der Waals surface area (Å²) < 4.78 is 13.2. The number of rotatable bonds is 8. The summed E-state index contributed by atoms with van der Waals surface area (Å²) in [6.45, 7) is 2.76. The van der Waals surface area contributed by atoms with Gasteiger partial charge in [0.15, 0.2) is 0 Å². The van der Waals surface area contributed by atoms with Crippen LogP contribution in [-0.2, 0) is 14.4 Å². The molecule has 1 fully saturated rings. The second-order valence-electron chi connectivity index (χ2n) is 7.64. The summed E-state index contributed by atoms with van der Waals surface area (Å²) in [5.41, 5.74) is 11.5. The SMILES string of the molecule is NC(=O)C1CCCN(CCCNC(=O)C2=NN(c3ccc(F)cc3)C(C(N)=O)C2)C1. The maximum absolute atomic E-state index is 13.2. The number of nitrogens with zero attached hydrogens (tertiary/aromatic N) is 3. The molecule has 0 aromatic heterocycles. The maximum atomic E-state index is 13.2. The Morgan fingerprint density at radius 1 is 1.17 bits per heavy atom. The van der Waals surface area contributed by atoms with Gasteiger partial charge in [0.25, 0.3) is 5.91 Å². The van der Waals surface area contributed by atoms with E-state index in [1.54, 1.807) is 0 Å². The minimum absolute atomic E-state index is 0.0883. The van der Waals surface area contributed by atoms with Gasteiger partial charge in [0.05, 0.1) is 11.6 Å². The Hall–Kier alpha value is -3.01. The number of hydrazone groups is 1. The molecule has 3 rings (SSSR count). The Balaban J connectivity index is 1.51. The van der Waals surface area contributed by atoms with Gasteiger partial charge in [-0.15, -0.1) is 0 Å². The van der Waals surface area contributed by atoms with Crippen LogP contribution in [0.3, 0.4) is 0 Å². The fourth-order valence-corrected chi connectivity index (χ4v) is 3.80. The summed E-state index contributed by atoms with van der Waals surface area (Å²) >= 11 is 0. The summed E-state index contributed by atoms with van der Waals surface area (Å²) in [7, 11) is 0. The molecule has 9 nitrogen and oxygen atoms in total. The summed E-state index contributed by atoms with van der Waals surface area (Å²) in [5.74, 6) is -1.75. The van der Waals surface area contributed by atoms with Gasteiger partial charge in [-0.05, 0) is 56.6 Å². The Morgan fingerprint density at radius 3 is 2.57 bits per heavy atom. The van der Waals surface area contributed by atoms with Crippen molar-refractivity contribution in [3.05, 3.63) is 30.1 Å². The number of carbonyl (C=O) groups excluding carboxylic acids is 3. The van der Waals surface area contributed by atoms with Crippen LogP contribution in [0.15, 0.2) is 29.4 Å². The second-order valence-corrected chi connectivity index (χ2v) is 7.64. The van der Waals surface area contributed by atoms with Crippen molar-refractivity contribution >= 4 is 29.1 Å². The van der Waals surface area contributed by atoms with Crippen LogP contribution in [0.5, 0.6) is 0 Å². The van der Waals surface area contributed by atoms with Gasteiger partial charge >= 0.3 is 0 Å². The third-order valence-corrected chi connectivity index (χ3v) is 5.44. The van der Waals surface area contributed by atoms with Crippen molar-refractivity contribution < 1.29 is 18.8 Å². The van der Waals surface area contributed by atoms with Crippen molar-refractivity contribution in [3.63, 3.8) is 0 Å². The molecule has 1 aromatic carbocycles. The Kier molecular flexibility index (Phi) is 6.99. The van der Waals surface area contributed by atoms with Crippen molar-refractivity contribution in [2.45, 2.75) is 31.7 Å². The third kappa shape index (κ3) is 5.32. The average molecular weight is 418 g/mol. The van der Waals surface area contributed by atoms with Crippen molar-refractivity contribution in [2.75, 3.05) is 31.2 Å². The average Bonchev–Trinajstić information content (AvgIpc) is 3.18. The molecule has 3 amide bonds. The smallest absolute Gasteiger partial charge is 0.267 e. The zero-order valence-electron chi connectivity index (χ0n) is 16.7. The highest BCUT2D eigenvalue weighted by Crippen LogP contribution is 2.25. The number of likely N-dealkylation sites (tertiary alicyclic amines) is 1. The van der Waals surface area contributed by atoms with Crippen molar-refractivity contribution in [3.8, 4) is 0 Å². The number of hydrogen-bond donors (Lipinski definition) is 3. The molecule has 1 aromatic rings. The van der Waals surface area contributed by atoms with Crippen LogP contribution in [0.25, 0.3) is 0 Å². The molecule has 2 atom stereocenters. The standard InChI is InChI=1S/C20H27FN6O3/c21-14-4-6-15(7-5-14)27-17(19(23)29)11-16(25-27)20(30)24-8-2-10-26-9-1-3-13(12-26)18(22)28/h4-7,13,17H,1-3,8-12H2,(H2,22,28)(H2,23,29)(H,24,30). The molecule has 0 bridgehead atoms. The van der Waals surface area contributed by atoms with Crippen LogP contribution in [-0.4, -0.2) is 60.6 Å². The molecule has 0 radical (unpaired) electrons. The Bertz CT molecular complexity index is 828. The molecule has 2 aliphatic heterocycles. The fourth-order valence-electron chi connectivity index (χ4n) is 3.80. The number of nitrogens with two attached hydrogens (primary N) is 2. The first kappa shape index (κ1) is 21.7. The summed E-state index contributed by atoms with van der Waals surface area (Å²) in [5, 5.41) is 8.41. The molecular formula is C20H27FN6O3. The molecule has 0 saturated carbocycles. The van der Waals surface area contributed by atoms with Gasteiger partial charge in [-0.2, -0.15) is 5.10 Å². The first-order chi connectivity index (χ1) is 14.3. The van der Waals surface area contributed by atoms with Crippen molar-refractivity contribution in [1.82, 2.24) is 10.2 Å². The van der Waals surface area contributed by atoms with E-state index in [1.165, 1.54) is 29.3 Å². The molecule has 2 unspecified atom stereocenters. The van der Waals surface area contributed by atoms with E-state index in [0.29, 0.717) is 25.2 Å². The van der Waals surface area contributed by atoms with Gasteiger partial charge in [0.1, 0.15) is 17.6 Å². The molecule has 1 saturated heterocycles. The number of nitrogens with one attached hydrogen (secondary N) is 1. The van der Waals surface area contributed by atoms with Gasteiger partial charge in [-0.3, -0.25) is 19.4 Å². The van der Waals surface area contributed by atoms with Crippen LogP contribution >= 0.6 is 0 Å². The summed E-state index contributed by atoms with van der Waals surface area (Å²) in [6.07, 6.45) is 2.56. The minimum Gasteiger partial charge on any atom is -0.369 e. The van der Waals surface area contributed by atoms with Crippen LogP contribution in [0, 0.1) is 11.7 Å². The minimum atomic E-state index is -0.796. The summed E-state index contributed by atoms with van der Waals surface area (Å²) in [4.78, 5) is 37.8. The van der Waals surface area contributed by atoms with Crippen molar-refractivity contribution in [2.24, 2.45) is 22.5 Å². The predicted molar refractivity (Wildman–Crippen MR) is 110 cm³/mol. The van der Waals surface area contributed by atoms with E-state index in [4.69, 9.17) is 11.5 Å². The van der Waals surface area contributed by atoms with E-state index in [2.05, 4.69) is 15.3 Å². The molecule has 30 heavy (non-hydrogen) atoms.